The lowest BCUT2D eigenvalue weighted by atomic mass is 10.1. The highest BCUT2D eigenvalue weighted by atomic mass is 16.5. The van der Waals surface area contributed by atoms with Gasteiger partial charge < -0.3 is 13.9 Å². The first-order chi connectivity index (χ1) is 11.7. The molecule has 0 saturated carbocycles. The summed E-state index contributed by atoms with van der Waals surface area (Å²) in [7, 11) is 1.56. The van der Waals surface area contributed by atoms with Crippen molar-refractivity contribution in [1.29, 1.82) is 0 Å². The fourth-order valence-corrected chi connectivity index (χ4v) is 2.17. The number of carbonyl (C=O) groups is 1. The Balaban J connectivity index is 1.66. The van der Waals surface area contributed by atoms with Crippen molar-refractivity contribution in [3.8, 4) is 17.2 Å². The van der Waals surface area contributed by atoms with E-state index in [0.29, 0.717) is 17.2 Å². The molecule has 0 radical (unpaired) electrons. The molecule has 0 spiro atoms. The Labute approximate surface area is 139 Å². The predicted octanol–water partition coefficient (Wildman–Crippen LogP) is 3.41. The van der Waals surface area contributed by atoms with Gasteiger partial charge in [0.05, 0.1) is 12.7 Å². The van der Waals surface area contributed by atoms with Crippen molar-refractivity contribution in [2.45, 2.75) is 13.5 Å². The summed E-state index contributed by atoms with van der Waals surface area (Å²) in [4.78, 5) is 12.1. The Hall–Kier alpha value is -3.15. The van der Waals surface area contributed by atoms with Crippen LogP contribution in [0.2, 0.25) is 0 Å². The lowest BCUT2D eigenvalue weighted by Gasteiger charge is -2.07. The zero-order valence-electron chi connectivity index (χ0n) is 13.4. The van der Waals surface area contributed by atoms with E-state index >= 15 is 0 Å². The Morgan fingerprint density at radius 2 is 1.92 bits per heavy atom. The number of rotatable bonds is 5. The molecule has 3 rings (SSSR count). The largest absolute Gasteiger partial charge is 0.496 e. The molecule has 0 amide bonds. The van der Waals surface area contributed by atoms with Crippen LogP contribution in [-0.2, 0) is 11.3 Å². The molecule has 0 atom stereocenters. The second kappa shape index (κ2) is 6.95. The fourth-order valence-electron chi connectivity index (χ4n) is 2.17. The fraction of sp³-hybridized carbons (Fsp3) is 0.167. The molecule has 0 saturated heterocycles. The van der Waals surface area contributed by atoms with Gasteiger partial charge in [-0.1, -0.05) is 24.3 Å². The van der Waals surface area contributed by atoms with E-state index in [4.69, 9.17) is 13.9 Å². The number of benzene rings is 2. The summed E-state index contributed by atoms with van der Waals surface area (Å²) in [5, 5.41) is 7.84. The third-order valence-electron chi connectivity index (χ3n) is 3.46. The van der Waals surface area contributed by atoms with Gasteiger partial charge in [0.15, 0.2) is 6.61 Å². The normalized spacial score (nSPS) is 10.4. The van der Waals surface area contributed by atoms with Crippen LogP contribution in [-0.4, -0.2) is 23.3 Å². The molecule has 0 fully saturated rings. The number of methoxy groups -OCH3 is 1. The van der Waals surface area contributed by atoms with E-state index in [1.807, 2.05) is 37.3 Å². The van der Waals surface area contributed by atoms with Crippen LogP contribution in [0.25, 0.3) is 11.5 Å². The smallest absolute Gasteiger partial charge is 0.338 e. The van der Waals surface area contributed by atoms with Crippen molar-refractivity contribution in [2.24, 2.45) is 0 Å². The van der Waals surface area contributed by atoms with E-state index in [1.54, 1.807) is 25.3 Å². The van der Waals surface area contributed by atoms with Crippen LogP contribution >= 0.6 is 0 Å². The van der Waals surface area contributed by atoms with Gasteiger partial charge in [-0.05, 0) is 36.8 Å². The summed E-state index contributed by atoms with van der Waals surface area (Å²) in [5.41, 5.74) is 2.16. The van der Waals surface area contributed by atoms with Crippen LogP contribution in [0.3, 0.4) is 0 Å². The highest BCUT2D eigenvalue weighted by Crippen LogP contribution is 2.20. The number of hydrogen-bond donors (Lipinski definition) is 0. The highest BCUT2D eigenvalue weighted by molar-refractivity contribution is 5.90. The minimum Gasteiger partial charge on any atom is -0.496 e. The molecular formula is C18H16N2O4. The number of aromatic nitrogens is 2. The maximum Gasteiger partial charge on any atom is 0.338 e. The standard InChI is InChI=1S/C18H16N2O4/c1-12-8-9-14(10-15(12)22-2)18(21)23-11-16-19-20-17(24-16)13-6-4-3-5-7-13/h3-10H,11H2,1-2H3. The van der Waals surface area contributed by atoms with E-state index in [-0.39, 0.29) is 12.5 Å². The van der Waals surface area contributed by atoms with Gasteiger partial charge in [-0.2, -0.15) is 0 Å². The van der Waals surface area contributed by atoms with Crippen LogP contribution in [0.5, 0.6) is 5.75 Å². The Bertz CT molecular complexity index is 843. The lowest BCUT2D eigenvalue weighted by molar-refractivity contribution is 0.0438. The second-order valence-electron chi connectivity index (χ2n) is 5.13. The summed E-state index contributed by atoms with van der Waals surface area (Å²) < 4.78 is 15.9. The predicted molar refractivity (Wildman–Crippen MR) is 86.6 cm³/mol. The molecule has 0 bridgehead atoms. The molecule has 0 aliphatic carbocycles. The van der Waals surface area contributed by atoms with Crippen molar-refractivity contribution in [3.05, 3.63) is 65.5 Å². The van der Waals surface area contributed by atoms with Crippen LogP contribution in [0, 0.1) is 6.92 Å². The molecule has 0 aliphatic rings. The van der Waals surface area contributed by atoms with E-state index in [0.717, 1.165) is 11.1 Å². The van der Waals surface area contributed by atoms with Crippen molar-refractivity contribution in [2.75, 3.05) is 7.11 Å². The van der Waals surface area contributed by atoms with Crippen LogP contribution in [0.4, 0.5) is 0 Å². The van der Waals surface area contributed by atoms with E-state index in [9.17, 15) is 4.79 Å². The molecule has 122 valence electrons. The van der Waals surface area contributed by atoms with Gasteiger partial charge >= 0.3 is 5.97 Å². The molecule has 2 aromatic carbocycles. The molecule has 6 heteroatoms. The van der Waals surface area contributed by atoms with Gasteiger partial charge in [-0.25, -0.2) is 4.79 Å². The third-order valence-corrected chi connectivity index (χ3v) is 3.46. The Morgan fingerprint density at radius 1 is 1.12 bits per heavy atom. The number of aryl methyl sites for hydroxylation is 1. The van der Waals surface area contributed by atoms with Gasteiger partial charge in [0, 0.05) is 5.56 Å². The first-order valence-electron chi connectivity index (χ1n) is 7.37. The SMILES string of the molecule is COc1cc(C(=O)OCc2nnc(-c3ccccc3)o2)ccc1C. The minimum absolute atomic E-state index is 0.0884. The van der Waals surface area contributed by atoms with Gasteiger partial charge in [-0.3, -0.25) is 0 Å². The number of esters is 1. The van der Waals surface area contributed by atoms with Crippen molar-refractivity contribution in [1.82, 2.24) is 10.2 Å². The maximum atomic E-state index is 12.1. The van der Waals surface area contributed by atoms with Crippen LogP contribution in [0.15, 0.2) is 52.9 Å². The van der Waals surface area contributed by atoms with Gasteiger partial charge in [-0.15, -0.1) is 10.2 Å². The molecule has 1 heterocycles. The number of hydrogen-bond acceptors (Lipinski definition) is 6. The lowest BCUT2D eigenvalue weighted by Crippen LogP contribution is -2.06. The first kappa shape index (κ1) is 15.7. The molecule has 3 aromatic rings. The molecule has 1 aromatic heterocycles. The topological polar surface area (TPSA) is 74.5 Å². The monoisotopic (exact) mass is 324 g/mol. The van der Waals surface area contributed by atoms with Gasteiger partial charge in [0.2, 0.25) is 5.89 Å². The minimum atomic E-state index is -0.479. The van der Waals surface area contributed by atoms with Crippen molar-refractivity contribution >= 4 is 5.97 Å². The van der Waals surface area contributed by atoms with Crippen LogP contribution < -0.4 is 4.74 Å². The van der Waals surface area contributed by atoms with Crippen molar-refractivity contribution in [3.63, 3.8) is 0 Å². The Kier molecular flexibility index (Phi) is 4.56. The molecular weight excluding hydrogens is 308 g/mol. The van der Waals surface area contributed by atoms with Gasteiger partial charge in [0.1, 0.15) is 5.75 Å². The highest BCUT2D eigenvalue weighted by Gasteiger charge is 2.13. The molecule has 0 aliphatic heterocycles. The molecule has 0 N–H and O–H groups in total. The molecule has 0 unspecified atom stereocenters. The summed E-state index contributed by atoms with van der Waals surface area (Å²) >= 11 is 0. The third kappa shape index (κ3) is 3.43. The Morgan fingerprint density at radius 3 is 2.67 bits per heavy atom. The number of nitrogens with zero attached hydrogens (tertiary/aromatic N) is 2. The van der Waals surface area contributed by atoms with Crippen LogP contribution in [0.1, 0.15) is 21.8 Å². The summed E-state index contributed by atoms with van der Waals surface area (Å²) in [6.07, 6.45) is 0. The molecule has 6 nitrogen and oxygen atoms in total. The summed E-state index contributed by atoms with van der Waals surface area (Å²) in [5.74, 6) is 0.779. The summed E-state index contributed by atoms with van der Waals surface area (Å²) in [6.45, 7) is 1.81. The van der Waals surface area contributed by atoms with Gasteiger partial charge in [0.25, 0.3) is 5.89 Å². The second-order valence-corrected chi connectivity index (χ2v) is 5.13. The zero-order valence-corrected chi connectivity index (χ0v) is 13.4. The quantitative estimate of drug-likeness (QED) is 0.670. The average molecular weight is 324 g/mol. The van der Waals surface area contributed by atoms with Crippen molar-refractivity contribution < 1.29 is 18.7 Å². The first-order valence-corrected chi connectivity index (χ1v) is 7.37. The zero-order chi connectivity index (χ0) is 16.9. The number of ether oxygens (including phenoxy) is 2. The van der Waals surface area contributed by atoms with E-state index in [2.05, 4.69) is 10.2 Å². The maximum absolute atomic E-state index is 12.1. The molecule has 24 heavy (non-hydrogen) atoms. The van der Waals surface area contributed by atoms with E-state index < -0.39 is 5.97 Å². The number of carbonyl (C=O) groups excluding carboxylic acids is 1. The van der Waals surface area contributed by atoms with E-state index in [1.165, 1.54) is 0 Å². The average Bonchev–Trinajstić information content (AvgIpc) is 3.10. The summed E-state index contributed by atoms with van der Waals surface area (Å²) in [6, 6.07) is 14.5.